The summed E-state index contributed by atoms with van der Waals surface area (Å²) in [5, 5.41) is 11.0. The van der Waals surface area contributed by atoms with E-state index in [-0.39, 0.29) is 11.3 Å². The molecule has 8 nitrogen and oxygen atoms in total. The first-order valence-electron chi connectivity index (χ1n) is 9.14. The Morgan fingerprint density at radius 3 is 2.69 bits per heavy atom. The van der Waals surface area contributed by atoms with E-state index in [2.05, 4.69) is 19.9 Å². The van der Waals surface area contributed by atoms with Crippen molar-refractivity contribution in [1.82, 2.24) is 15.2 Å². The molecule has 0 radical (unpaired) electrons. The van der Waals surface area contributed by atoms with Crippen molar-refractivity contribution in [2.24, 2.45) is 0 Å². The van der Waals surface area contributed by atoms with Gasteiger partial charge in [0.25, 0.3) is 0 Å². The van der Waals surface area contributed by atoms with Crippen molar-refractivity contribution in [3.05, 3.63) is 24.0 Å². The SMILES string of the molecule is O=C(O)NCC[C@@H](c1cc(NS(=O)(=O)C2CC2)ccn1)N1CCCCC1. The molecule has 1 amide bonds. The summed E-state index contributed by atoms with van der Waals surface area (Å²) in [7, 11) is -3.32. The second-order valence-electron chi connectivity index (χ2n) is 6.95. The van der Waals surface area contributed by atoms with Crippen molar-refractivity contribution < 1.29 is 18.3 Å². The van der Waals surface area contributed by atoms with Crippen LogP contribution in [0.3, 0.4) is 0 Å². The van der Waals surface area contributed by atoms with Crippen LogP contribution in [-0.2, 0) is 10.0 Å². The number of aromatic nitrogens is 1. The molecule has 3 N–H and O–H groups in total. The van der Waals surface area contributed by atoms with Crippen LogP contribution in [-0.4, -0.2) is 54.4 Å². The van der Waals surface area contributed by atoms with Crippen molar-refractivity contribution in [2.45, 2.75) is 49.8 Å². The molecule has 1 aliphatic carbocycles. The lowest BCUT2D eigenvalue weighted by atomic mass is 10.0. The van der Waals surface area contributed by atoms with Crippen molar-refractivity contribution >= 4 is 21.8 Å². The molecule has 0 aromatic carbocycles. The van der Waals surface area contributed by atoms with E-state index in [4.69, 9.17) is 5.11 Å². The van der Waals surface area contributed by atoms with Gasteiger partial charge in [0.1, 0.15) is 0 Å². The third kappa shape index (κ3) is 5.07. The number of carboxylic acid groups (broad SMARTS) is 1. The van der Waals surface area contributed by atoms with Crippen LogP contribution < -0.4 is 10.0 Å². The van der Waals surface area contributed by atoms with Gasteiger partial charge >= 0.3 is 6.09 Å². The number of hydrogen-bond donors (Lipinski definition) is 3. The molecule has 1 saturated heterocycles. The first-order valence-corrected chi connectivity index (χ1v) is 10.7. The van der Waals surface area contributed by atoms with Crippen LogP contribution in [0.2, 0.25) is 0 Å². The Labute approximate surface area is 154 Å². The summed E-state index contributed by atoms with van der Waals surface area (Å²) in [6.45, 7) is 2.21. The van der Waals surface area contributed by atoms with E-state index in [1.165, 1.54) is 6.42 Å². The quantitative estimate of drug-likeness (QED) is 0.635. The van der Waals surface area contributed by atoms with Gasteiger partial charge in [-0.1, -0.05) is 6.42 Å². The summed E-state index contributed by atoms with van der Waals surface area (Å²) in [5.41, 5.74) is 1.30. The molecule has 0 spiro atoms. The second kappa shape index (κ2) is 8.22. The molecule has 1 aromatic heterocycles. The summed E-state index contributed by atoms with van der Waals surface area (Å²) in [4.78, 5) is 17.5. The van der Waals surface area contributed by atoms with Crippen LogP contribution in [0.15, 0.2) is 18.3 Å². The predicted molar refractivity (Wildman–Crippen MR) is 98.6 cm³/mol. The van der Waals surface area contributed by atoms with Gasteiger partial charge in [-0.3, -0.25) is 14.6 Å². The van der Waals surface area contributed by atoms with Gasteiger partial charge in [0, 0.05) is 12.7 Å². The summed E-state index contributed by atoms with van der Waals surface area (Å²) in [6.07, 6.45) is 6.01. The number of nitrogens with zero attached hydrogens (tertiary/aromatic N) is 2. The summed E-state index contributed by atoms with van der Waals surface area (Å²) < 4.78 is 27.0. The highest BCUT2D eigenvalue weighted by Gasteiger charge is 2.35. The number of hydrogen-bond acceptors (Lipinski definition) is 5. The molecule has 3 rings (SSSR count). The number of piperidine rings is 1. The zero-order chi connectivity index (χ0) is 18.6. The normalized spacial score (nSPS) is 19.7. The Kier molecular flexibility index (Phi) is 5.98. The first kappa shape index (κ1) is 18.9. The zero-order valence-electron chi connectivity index (χ0n) is 14.7. The van der Waals surface area contributed by atoms with Gasteiger partial charge in [-0.05, 0) is 57.3 Å². The highest BCUT2D eigenvalue weighted by atomic mass is 32.2. The fourth-order valence-electron chi connectivity index (χ4n) is 3.38. The maximum Gasteiger partial charge on any atom is 0.404 e. The van der Waals surface area contributed by atoms with Crippen LogP contribution in [0.25, 0.3) is 0 Å². The average Bonchev–Trinajstić information content (AvgIpc) is 3.45. The molecule has 1 aliphatic heterocycles. The monoisotopic (exact) mass is 382 g/mol. The number of rotatable bonds is 8. The highest BCUT2D eigenvalue weighted by molar-refractivity contribution is 7.93. The molecule has 9 heteroatoms. The Bertz CT molecular complexity index is 730. The Hall–Kier alpha value is -1.87. The fraction of sp³-hybridized carbons (Fsp3) is 0.647. The average molecular weight is 382 g/mol. The molecule has 1 aromatic rings. The Balaban J connectivity index is 1.75. The molecule has 144 valence electrons. The topological polar surface area (TPSA) is 112 Å². The molecule has 26 heavy (non-hydrogen) atoms. The van der Waals surface area contributed by atoms with Gasteiger partial charge in [0.2, 0.25) is 10.0 Å². The number of likely N-dealkylation sites (tertiary alicyclic amines) is 1. The number of nitrogens with one attached hydrogen (secondary N) is 2. The van der Waals surface area contributed by atoms with Gasteiger partial charge in [-0.2, -0.15) is 0 Å². The fourth-order valence-corrected chi connectivity index (χ4v) is 4.76. The molecule has 0 bridgehead atoms. The standard InChI is InChI=1S/C17H26N4O4S/c22-17(23)19-9-7-16(21-10-2-1-3-11-21)15-12-13(6-8-18-15)20-26(24,25)14-4-5-14/h6,8,12,14,16,19H,1-5,7,9-11H2,(H,18,20)(H,22,23)/t16-/m0/s1. The van der Waals surface area contributed by atoms with Gasteiger partial charge < -0.3 is 10.4 Å². The van der Waals surface area contributed by atoms with Gasteiger partial charge in [0.15, 0.2) is 0 Å². The lowest BCUT2D eigenvalue weighted by molar-refractivity contribution is 0.150. The van der Waals surface area contributed by atoms with E-state index in [0.717, 1.165) is 31.6 Å². The highest BCUT2D eigenvalue weighted by Crippen LogP contribution is 2.31. The third-order valence-electron chi connectivity index (χ3n) is 4.87. The molecule has 1 saturated carbocycles. The lowest BCUT2D eigenvalue weighted by Crippen LogP contribution is -2.36. The first-order chi connectivity index (χ1) is 12.5. The van der Waals surface area contributed by atoms with Crippen LogP contribution in [0.1, 0.15) is 50.3 Å². The van der Waals surface area contributed by atoms with Crippen molar-refractivity contribution in [3.63, 3.8) is 0 Å². The summed E-state index contributed by atoms with van der Waals surface area (Å²) in [6, 6.07) is 3.40. The molecular formula is C17H26N4O4S. The molecule has 1 atom stereocenters. The smallest absolute Gasteiger partial charge is 0.404 e. The second-order valence-corrected chi connectivity index (χ2v) is 8.91. The minimum Gasteiger partial charge on any atom is -0.465 e. The third-order valence-corrected chi connectivity index (χ3v) is 6.74. The Morgan fingerprint density at radius 2 is 2.04 bits per heavy atom. The van der Waals surface area contributed by atoms with E-state index in [1.54, 1.807) is 18.3 Å². The van der Waals surface area contributed by atoms with Crippen LogP contribution in [0.5, 0.6) is 0 Å². The number of anilines is 1. The van der Waals surface area contributed by atoms with E-state index in [0.29, 0.717) is 31.5 Å². The lowest BCUT2D eigenvalue weighted by Gasteiger charge is -2.34. The van der Waals surface area contributed by atoms with E-state index < -0.39 is 16.1 Å². The van der Waals surface area contributed by atoms with Crippen LogP contribution in [0.4, 0.5) is 10.5 Å². The Morgan fingerprint density at radius 1 is 1.31 bits per heavy atom. The van der Waals surface area contributed by atoms with Gasteiger partial charge in [-0.25, -0.2) is 13.2 Å². The molecule has 2 fully saturated rings. The van der Waals surface area contributed by atoms with Crippen LogP contribution >= 0.6 is 0 Å². The minimum absolute atomic E-state index is 0.0347. The number of sulfonamides is 1. The molecule has 0 unspecified atom stereocenters. The largest absolute Gasteiger partial charge is 0.465 e. The number of carbonyl (C=O) groups is 1. The summed E-state index contributed by atoms with van der Waals surface area (Å²) >= 11 is 0. The van der Waals surface area contributed by atoms with E-state index in [1.807, 2.05) is 0 Å². The number of pyridine rings is 1. The van der Waals surface area contributed by atoms with Crippen molar-refractivity contribution in [2.75, 3.05) is 24.4 Å². The maximum atomic E-state index is 12.2. The minimum atomic E-state index is -3.32. The maximum absolute atomic E-state index is 12.2. The van der Waals surface area contributed by atoms with Crippen molar-refractivity contribution in [1.29, 1.82) is 0 Å². The zero-order valence-corrected chi connectivity index (χ0v) is 15.5. The number of amides is 1. The van der Waals surface area contributed by atoms with Gasteiger partial charge in [0.05, 0.1) is 22.7 Å². The predicted octanol–water partition coefficient (Wildman–Crippen LogP) is 2.17. The van der Waals surface area contributed by atoms with E-state index in [9.17, 15) is 13.2 Å². The van der Waals surface area contributed by atoms with E-state index >= 15 is 0 Å². The molecule has 2 heterocycles. The van der Waals surface area contributed by atoms with Crippen molar-refractivity contribution in [3.8, 4) is 0 Å². The van der Waals surface area contributed by atoms with Gasteiger partial charge in [-0.15, -0.1) is 0 Å². The molecular weight excluding hydrogens is 356 g/mol. The van der Waals surface area contributed by atoms with Crippen LogP contribution in [0, 0.1) is 0 Å². The summed E-state index contributed by atoms with van der Waals surface area (Å²) in [5.74, 6) is 0. The molecule has 2 aliphatic rings.